The minimum atomic E-state index is -1.06. The summed E-state index contributed by atoms with van der Waals surface area (Å²) in [6.45, 7) is 1.75. The highest BCUT2D eigenvalue weighted by Gasteiger charge is 2.16. The maximum Gasteiger partial charge on any atom is 0.335 e. The van der Waals surface area contributed by atoms with Crippen molar-refractivity contribution in [3.05, 3.63) is 83.9 Å². The van der Waals surface area contributed by atoms with Gasteiger partial charge in [0.05, 0.1) is 17.9 Å². The number of carbonyl (C=O) groups is 3. The lowest BCUT2D eigenvalue weighted by Gasteiger charge is -2.13. The van der Waals surface area contributed by atoms with Gasteiger partial charge in [-0.15, -0.1) is 11.8 Å². The highest BCUT2D eigenvalue weighted by atomic mass is 32.2. The van der Waals surface area contributed by atoms with Crippen LogP contribution in [0, 0.1) is 0 Å². The molecule has 3 rings (SSSR count). The van der Waals surface area contributed by atoms with Crippen LogP contribution < -0.4 is 15.4 Å². The summed E-state index contributed by atoms with van der Waals surface area (Å²) in [5.74, 6) is -0.900. The van der Waals surface area contributed by atoms with Crippen molar-refractivity contribution in [2.75, 3.05) is 17.7 Å². The number of carbonyl (C=O) groups excluding carboxylic acids is 2. The van der Waals surface area contributed by atoms with Gasteiger partial charge < -0.3 is 20.5 Å². The van der Waals surface area contributed by atoms with Crippen molar-refractivity contribution in [3.63, 3.8) is 0 Å². The number of hydrogen-bond donors (Lipinski definition) is 3. The van der Waals surface area contributed by atoms with Gasteiger partial charge >= 0.3 is 5.97 Å². The molecule has 2 amide bonds. The Morgan fingerprint density at radius 3 is 2.19 bits per heavy atom. The molecule has 0 aromatic heterocycles. The maximum absolute atomic E-state index is 12.5. The standard InChI is InChI=1S/C24H22N2O5S/c1-15(22(27)25-18-6-3-5-17(13-18)24(29)30)32-21-8-4-7-19(14-21)26-23(28)16-9-11-20(31-2)12-10-16/h3-15H,1-2H3,(H,25,27)(H,26,28)(H,29,30). The largest absolute Gasteiger partial charge is 0.497 e. The number of benzene rings is 3. The molecule has 0 spiro atoms. The number of rotatable bonds is 8. The second-order valence-electron chi connectivity index (χ2n) is 6.85. The Balaban J connectivity index is 1.61. The van der Waals surface area contributed by atoms with E-state index in [2.05, 4.69) is 10.6 Å². The number of ether oxygens (including phenoxy) is 1. The summed E-state index contributed by atoms with van der Waals surface area (Å²) in [5, 5.41) is 14.2. The molecule has 3 aromatic rings. The fourth-order valence-electron chi connectivity index (χ4n) is 2.82. The van der Waals surface area contributed by atoms with Gasteiger partial charge in [0.15, 0.2) is 0 Å². The number of anilines is 2. The molecule has 1 unspecified atom stereocenters. The Morgan fingerprint density at radius 2 is 1.53 bits per heavy atom. The average molecular weight is 451 g/mol. The zero-order valence-corrected chi connectivity index (χ0v) is 18.3. The molecule has 0 fully saturated rings. The van der Waals surface area contributed by atoms with Gasteiger partial charge in [-0.1, -0.05) is 12.1 Å². The summed E-state index contributed by atoms with van der Waals surface area (Å²) in [6.07, 6.45) is 0. The Hall–Kier alpha value is -3.78. The summed E-state index contributed by atoms with van der Waals surface area (Å²) in [6, 6.07) is 20.1. The van der Waals surface area contributed by atoms with Crippen LogP contribution in [0.3, 0.4) is 0 Å². The van der Waals surface area contributed by atoms with Crippen LogP contribution in [0.25, 0.3) is 0 Å². The first-order chi connectivity index (χ1) is 15.4. The molecule has 0 heterocycles. The molecule has 0 aliphatic rings. The van der Waals surface area contributed by atoms with Crippen LogP contribution in [0.2, 0.25) is 0 Å². The van der Waals surface area contributed by atoms with E-state index in [0.717, 1.165) is 4.90 Å². The third-order valence-electron chi connectivity index (χ3n) is 4.50. The van der Waals surface area contributed by atoms with Crippen molar-refractivity contribution >= 4 is 40.9 Å². The summed E-state index contributed by atoms with van der Waals surface area (Å²) >= 11 is 1.33. The molecule has 3 aromatic carbocycles. The number of amides is 2. The van der Waals surface area contributed by atoms with E-state index < -0.39 is 11.2 Å². The zero-order valence-electron chi connectivity index (χ0n) is 17.5. The zero-order chi connectivity index (χ0) is 23.1. The Kier molecular flexibility index (Phi) is 7.51. The third-order valence-corrected chi connectivity index (χ3v) is 5.60. The van der Waals surface area contributed by atoms with Crippen molar-refractivity contribution in [2.45, 2.75) is 17.1 Å². The minimum Gasteiger partial charge on any atom is -0.497 e. The van der Waals surface area contributed by atoms with Gasteiger partial charge in [0, 0.05) is 21.8 Å². The predicted molar refractivity (Wildman–Crippen MR) is 125 cm³/mol. The summed E-state index contributed by atoms with van der Waals surface area (Å²) in [7, 11) is 1.56. The molecule has 0 saturated carbocycles. The van der Waals surface area contributed by atoms with Crippen molar-refractivity contribution in [1.29, 1.82) is 0 Å². The molecule has 164 valence electrons. The van der Waals surface area contributed by atoms with Crippen LogP contribution >= 0.6 is 11.8 Å². The molecule has 0 bridgehead atoms. The number of aromatic carboxylic acids is 1. The van der Waals surface area contributed by atoms with Gasteiger partial charge in [-0.3, -0.25) is 9.59 Å². The molecular formula is C24H22N2O5S. The minimum absolute atomic E-state index is 0.100. The van der Waals surface area contributed by atoms with Crippen LogP contribution in [-0.4, -0.2) is 35.2 Å². The van der Waals surface area contributed by atoms with E-state index >= 15 is 0 Å². The Bertz CT molecular complexity index is 1130. The van der Waals surface area contributed by atoms with E-state index in [-0.39, 0.29) is 17.4 Å². The van der Waals surface area contributed by atoms with E-state index in [1.165, 1.54) is 23.9 Å². The molecule has 8 heteroatoms. The van der Waals surface area contributed by atoms with Crippen molar-refractivity contribution in [3.8, 4) is 5.75 Å². The second kappa shape index (κ2) is 10.5. The SMILES string of the molecule is COc1ccc(C(=O)Nc2cccc(SC(C)C(=O)Nc3cccc(C(=O)O)c3)c2)cc1. The van der Waals surface area contributed by atoms with Crippen LogP contribution in [0.15, 0.2) is 77.7 Å². The van der Waals surface area contributed by atoms with E-state index in [0.29, 0.717) is 22.7 Å². The molecule has 32 heavy (non-hydrogen) atoms. The molecule has 0 saturated heterocycles. The van der Waals surface area contributed by atoms with Gasteiger partial charge in [-0.25, -0.2) is 4.79 Å². The highest BCUT2D eigenvalue weighted by Crippen LogP contribution is 2.27. The molecule has 0 aliphatic heterocycles. The summed E-state index contributed by atoms with van der Waals surface area (Å²) in [5.41, 5.74) is 1.63. The third kappa shape index (κ3) is 6.12. The van der Waals surface area contributed by atoms with Crippen LogP contribution in [-0.2, 0) is 4.79 Å². The highest BCUT2D eigenvalue weighted by molar-refractivity contribution is 8.00. The smallest absolute Gasteiger partial charge is 0.335 e. The number of carboxylic acids is 1. The molecule has 3 N–H and O–H groups in total. The first kappa shape index (κ1) is 22.9. The average Bonchev–Trinajstić information content (AvgIpc) is 2.79. The van der Waals surface area contributed by atoms with Gasteiger partial charge in [0.25, 0.3) is 5.91 Å². The molecular weight excluding hydrogens is 428 g/mol. The summed E-state index contributed by atoms with van der Waals surface area (Å²) < 4.78 is 5.10. The van der Waals surface area contributed by atoms with Crippen molar-refractivity contribution in [1.82, 2.24) is 0 Å². The Morgan fingerprint density at radius 1 is 0.875 bits per heavy atom. The predicted octanol–water partition coefficient (Wildman–Crippen LogP) is 4.77. The van der Waals surface area contributed by atoms with E-state index in [1.54, 1.807) is 68.6 Å². The second-order valence-corrected chi connectivity index (χ2v) is 8.26. The van der Waals surface area contributed by atoms with Crippen LogP contribution in [0.1, 0.15) is 27.6 Å². The molecule has 7 nitrogen and oxygen atoms in total. The molecule has 0 radical (unpaired) electrons. The van der Waals surface area contributed by atoms with E-state index in [4.69, 9.17) is 9.84 Å². The maximum atomic E-state index is 12.5. The topological polar surface area (TPSA) is 105 Å². The number of thioether (sulfide) groups is 1. The quantitative estimate of drug-likeness (QED) is 0.427. The van der Waals surface area contributed by atoms with Crippen LogP contribution in [0.5, 0.6) is 5.75 Å². The van der Waals surface area contributed by atoms with E-state index in [9.17, 15) is 14.4 Å². The first-order valence-electron chi connectivity index (χ1n) is 9.72. The lowest BCUT2D eigenvalue weighted by molar-refractivity contribution is -0.115. The number of nitrogens with one attached hydrogen (secondary N) is 2. The van der Waals surface area contributed by atoms with Gasteiger partial charge in [-0.05, 0) is 67.6 Å². The lowest BCUT2D eigenvalue weighted by atomic mass is 10.2. The van der Waals surface area contributed by atoms with Crippen LogP contribution in [0.4, 0.5) is 11.4 Å². The fourth-order valence-corrected chi connectivity index (χ4v) is 3.75. The lowest BCUT2D eigenvalue weighted by Crippen LogP contribution is -2.22. The number of hydrogen-bond acceptors (Lipinski definition) is 5. The van der Waals surface area contributed by atoms with Gasteiger partial charge in [0.1, 0.15) is 5.75 Å². The van der Waals surface area contributed by atoms with Gasteiger partial charge in [0.2, 0.25) is 5.91 Å². The number of carboxylic acid groups (broad SMARTS) is 1. The Labute approximate surface area is 189 Å². The number of methoxy groups -OCH3 is 1. The van der Waals surface area contributed by atoms with Crippen molar-refractivity contribution in [2.24, 2.45) is 0 Å². The molecule has 0 aliphatic carbocycles. The summed E-state index contributed by atoms with van der Waals surface area (Å²) in [4.78, 5) is 36.9. The van der Waals surface area contributed by atoms with E-state index in [1.807, 2.05) is 6.07 Å². The van der Waals surface area contributed by atoms with Gasteiger partial charge in [-0.2, -0.15) is 0 Å². The fraction of sp³-hybridized carbons (Fsp3) is 0.125. The first-order valence-corrected chi connectivity index (χ1v) is 10.6. The van der Waals surface area contributed by atoms with Crippen molar-refractivity contribution < 1.29 is 24.2 Å². The normalized spacial score (nSPS) is 11.3. The monoisotopic (exact) mass is 450 g/mol. The molecule has 1 atom stereocenters.